The Kier molecular flexibility index (Phi) is 4.90. The molecule has 0 bridgehead atoms. The number of aliphatic imine (C=N–C) groups is 1. The van der Waals surface area contributed by atoms with Crippen molar-refractivity contribution in [2.45, 2.75) is 20.3 Å². The van der Waals surface area contributed by atoms with Crippen LogP contribution in [0.15, 0.2) is 89.1 Å². The molecule has 1 aliphatic heterocycles. The van der Waals surface area contributed by atoms with Gasteiger partial charge in [-0.2, -0.15) is 0 Å². The molecular formula is C25H21NO2. The van der Waals surface area contributed by atoms with Crippen LogP contribution in [0.2, 0.25) is 0 Å². The van der Waals surface area contributed by atoms with Gasteiger partial charge in [-0.05, 0) is 52.6 Å². The minimum Gasteiger partial charge on any atom is -0.427 e. The highest BCUT2D eigenvalue weighted by Gasteiger charge is 2.17. The van der Waals surface area contributed by atoms with Gasteiger partial charge in [-0.1, -0.05) is 61.5 Å². The summed E-state index contributed by atoms with van der Waals surface area (Å²) in [4.78, 5) is 16.0. The number of esters is 1. The monoisotopic (exact) mass is 367 g/mol. The zero-order chi connectivity index (χ0) is 19.5. The van der Waals surface area contributed by atoms with E-state index < -0.39 is 0 Å². The molecule has 0 radical (unpaired) electrons. The average molecular weight is 367 g/mol. The molecular weight excluding hydrogens is 346 g/mol. The Labute approximate surface area is 164 Å². The molecule has 1 aliphatic rings. The average Bonchev–Trinajstić information content (AvgIpc) is 3.11. The van der Waals surface area contributed by atoms with Crippen LogP contribution in [-0.2, 0) is 4.79 Å². The Hall–Kier alpha value is -3.46. The quantitative estimate of drug-likeness (QED) is 0.422. The zero-order valence-corrected chi connectivity index (χ0v) is 16.0. The largest absolute Gasteiger partial charge is 0.427 e. The smallest absolute Gasteiger partial charge is 0.308 e. The Morgan fingerprint density at radius 1 is 1.00 bits per heavy atom. The van der Waals surface area contributed by atoms with Crippen molar-refractivity contribution in [3.63, 3.8) is 0 Å². The van der Waals surface area contributed by atoms with Gasteiger partial charge >= 0.3 is 5.97 Å². The Balaban J connectivity index is 1.70. The standard InChI is InChI=1S/C25H21NO2/c1-3-19-16-21(15-18-11-13-22(14-12-18)28-17(2)27)26-25(19)24-10-6-8-20-7-4-5-9-23(20)24/h4-16H,3H2,1-2H3/b21-15+. The molecule has 0 fully saturated rings. The molecule has 1 heterocycles. The summed E-state index contributed by atoms with van der Waals surface area (Å²) in [5.74, 6) is 0.229. The molecule has 138 valence electrons. The summed E-state index contributed by atoms with van der Waals surface area (Å²) < 4.78 is 5.09. The molecule has 0 atom stereocenters. The van der Waals surface area contributed by atoms with Crippen LogP contribution >= 0.6 is 0 Å². The topological polar surface area (TPSA) is 38.7 Å². The van der Waals surface area contributed by atoms with Crippen LogP contribution in [0.5, 0.6) is 5.75 Å². The van der Waals surface area contributed by atoms with E-state index in [2.05, 4.69) is 55.5 Å². The number of carbonyl (C=O) groups is 1. The maximum atomic E-state index is 11.1. The molecule has 3 nitrogen and oxygen atoms in total. The van der Waals surface area contributed by atoms with E-state index in [0.29, 0.717) is 5.75 Å². The van der Waals surface area contributed by atoms with E-state index >= 15 is 0 Å². The highest BCUT2D eigenvalue weighted by atomic mass is 16.5. The van der Waals surface area contributed by atoms with Gasteiger partial charge in [-0.3, -0.25) is 4.79 Å². The van der Waals surface area contributed by atoms with E-state index in [1.54, 1.807) is 12.1 Å². The fourth-order valence-corrected chi connectivity index (χ4v) is 3.46. The molecule has 3 aromatic carbocycles. The van der Waals surface area contributed by atoms with Crippen LogP contribution in [0.3, 0.4) is 0 Å². The highest BCUT2D eigenvalue weighted by Crippen LogP contribution is 2.29. The van der Waals surface area contributed by atoms with Crippen LogP contribution in [0, 0.1) is 0 Å². The maximum absolute atomic E-state index is 11.1. The second-order valence-corrected chi connectivity index (χ2v) is 6.74. The number of ether oxygens (including phenoxy) is 1. The minimum atomic E-state index is -0.318. The number of nitrogens with zero attached hydrogens (tertiary/aromatic N) is 1. The molecule has 0 N–H and O–H groups in total. The van der Waals surface area contributed by atoms with Crippen molar-refractivity contribution < 1.29 is 9.53 Å². The third-order valence-corrected chi connectivity index (χ3v) is 4.75. The van der Waals surface area contributed by atoms with Crippen molar-refractivity contribution in [3.8, 4) is 5.75 Å². The molecule has 4 rings (SSSR count). The van der Waals surface area contributed by atoms with Gasteiger partial charge in [0.25, 0.3) is 0 Å². The molecule has 0 amide bonds. The fraction of sp³-hybridized carbons (Fsp3) is 0.120. The molecule has 0 saturated carbocycles. The molecule has 28 heavy (non-hydrogen) atoms. The van der Waals surface area contributed by atoms with Gasteiger partial charge < -0.3 is 4.74 Å². The van der Waals surface area contributed by atoms with Gasteiger partial charge in [0.1, 0.15) is 5.75 Å². The number of carbonyl (C=O) groups excluding carboxylic acids is 1. The summed E-state index contributed by atoms with van der Waals surface area (Å²) >= 11 is 0. The normalized spacial score (nSPS) is 14.9. The van der Waals surface area contributed by atoms with Gasteiger partial charge in [0.15, 0.2) is 0 Å². The van der Waals surface area contributed by atoms with Crippen LogP contribution in [0.4, 0.5) is 0 Å². The van der Waals surface area contributed by atoms with E-state index in [9.17, 15) is 4.79 Å². The van der Waals surface area contributed by atoms with Crippen LogP contribution in [0.25, 0.3) is 16.8 Å². The summed E-state index contributed by atoms with van der Waals surface area (Å²) in [6, 6.07) is 22.2. The van der Waals surface area contributed by atoms with Gasteiger partial charge in [0.05, 0.1) is 11.4 Å². The van der Waals surface area contributed by atoms with Crippen LogP contribution < -0.4 is 4.74 Å². The van der Waals surface area contributed by atoms with Crippen molar-refractivity contribution in [2.24, 2.45) is 4.99 Å². The lowest BCUT2D eigenvalue weighted by Crippen LogP contribution is -2.02. The summed E-state index contributed by atoms with van der Waals surface area (Å²) in [6.45, 7) is 3.55. The van der Waals surface area contributed by atoms with E-state index in [-0.39, 0.29) is 5.97 Å². The number of fused-ring (bicyclic) bond motifs is 1. The van der Waals surface area contributed by atoms with Crippen molar-refractivity contribution >= 4 is 28.5 Å². The van der Waals surface area contributed by atoms with Gasteiger partial charge in [0, 0.05) is 12.5 Å². The molecule has 0 aliphatic carbocycles. The first-order chi connectivity index (χ1) is 13.6. The summed E-state index contributed by atoms with van der Waals surface area (Å²) in [5, 5.41) is 2.44. The first-order valence-corrected chi connectivity index (χ1v) is 9.42. The summed E-state index contributed by atoms with van der Waals surface area (Å²) in [6.07, 6.45) is 5.12. The van der Waals surface area contributed by atoms with E-state index in [0.717, 1.165) is 23.4 Å². The van der Waals surface area contributed by atoms with E-state index in [4.69, 9.17) is 9.73 Å². The van der Waals surface area contributed by atoms with Crippen molar-refractivity contribution in [3.05, 3.63) is 95.2 Å². The third kappa shape index (κ3) is 3.65. The van der Waals surface area contributed by atoms with Gasteiger partial charge in [0.2, 0.25) is 0 Å². The second-order valence-electron chi connectivity index (χ2n) is 6.74. The first-order valence-electron chi connectivity index (χ1n) is 9.42. The zero-order valence-electron chi connectivity index (χ0n) is 16.0. The number of hydrogen-bond acceptors (Lipinski definition) is 3. The second kappa shape index (κ2) is 7.65. The number of allylic oxidation sites excluding steroid dienone is 2. The number of rotatable bonds is 4. The van der Waals surface area contributed by atoms with E-state index in [1.165, 1.54) is 28.8 Å². The molecule has 3 aromatic rings. The minimum absolute atomic E-state index is 0.318. The van der Waals surface area contributed by atoms with Crippen molar-refractivity contribution in [1.82, 2.24) is 0 Å². The van der Waals surface area contributed by atoms with Crippen molar-refractivity contribution in [1.29, 1.82) is 0 Å². The number of benzene rings is 3. The molecule has 0 spiro atoms. The Bertz CT molecular complexity index is 1130. The van der Waals surface area contributed by atoms with Gasteiger partial charge in [-0.15, -0.1) is 0 Å². The molecule has 0 saturated heterocycles. The van der Waals surface area contributed by atoms with Crippen molar-refractivity contribution in [2.75, 3.05) is 0 Å². The number of hydrogen-bond donors (Lipinski definition) is 0. The predicted molar refractivity (Wildman–Crippen MR) is 115 cm³/mol. The fourth-order valence-electron chi connectivity index (χ4n) is 3.46. The lowest BCUT2D eigenvalue weighted by molar-refractivity contribution is -0.131. The van der Waals surface area contributed by atoms with Gasteiger partial charge in [-0.25, -0.2) is 4.99 Å². The van der Waals surface area contributed by atoms with Crippen LogP contribution in [-0.4, -0.2) is 11.7 Å². The third-order valence-electron chi connectivity index (χ3n) is 4.75. The SMILES string of the molecule is CCC1=C/C(=C\c2ccc(OC(C)=O)cc2)N=C1c1cccc2ccccc12. The lowest BCUT2D eigenvalue weighted by Gasteiger charge is -2.08. The molecule has 3 heteroatoms. The molecule has 0 aromatic heterocycles. The molecule has 0 unspecified atom stereocenters. The van der Waals surface area contributed by atoms with Crippen LogP contribution in [0.1, 0.15) is 31.4 Å². The Morgan fingerprint density at radius 3 is 2.50 bits per heavy atom. The lowest BCUT2D eigenvalue weighted by atomic mass is 9.96. The maximum Gasteiger partial charge on any atom is 0.308 e. The predicted octanol–water partition coefficient (Wildman–Crippen LogP) is 5.95. The first kappa shape index (κ1) is 17.9. The summed E-state index contributed by atoms with van der Waals surface area (Å²) in [5.41, 5.74) is 5.39. The highest BCUT2D eigenvalue weighted by molar-refractivity contribution is 6.21. The van der Waals surface area contributed by atoms with E-state index in [1.807, 2.05) is 18.2 Å². The summed E-state index contributed by atoms with van der Waals surface area (Å²) in [7, 11) is 0. The Morgan fingerprint density at radius 2 is 1.75 bits per heavy atom.